The monoisotopic (exact) mass is 409 g/mol. The molecule has 0 bridgehead atoms. The quantitative estimate of drug-likeness (QED) is 0.376. The molecule has 8 heteroatoms. The summed E-state index contributed by atoms with van der Waals surface area (Å²) in [7, 11) is 0. The van der Waals surface area contributed by atoms with Gasteiger partial charge >= 0.3 is 5.63 Å². The van der Waals surface area contributed by atoms with Crippen molar-refractivity contribution in [3.63, 3.8) is 0 Å². The van der Waals surface area contributed by atoms with E-state index in [9.17, 15) is 9.90 Å². The molecule has 0 aliphatic heterocycles. The van der Waals surface area contributed by atoms with Gasteiger partial charge in [-0.05, 0) is 49.6 Å². The van der Waals surface area contributed by atoms with E-state index in [1.165, 1.54) is 17.8 Å². The van der Waals surface area contributed by atoms with E-state index >= 15 is 0 Å². The summed E-state index contributed by atoms with van der Waals surface area (Å²) in [5, 5.41) is 20.3. The predicted octanol–water partition coefficient (Wildman–Crippen LogP) is 4.21. The molecule has 5 rings (SSSR count). The van der Waals surface area contributed by atoms with Crippen LogP contribution in [0.15, 0.2) is 55.4 Å². The van der Waals surface area contributed by atoms with Crippen LogP contribution in [0.25, 0.3) is 11.0 Å². The number of aryl methyl sites for hydroxylation is 1. The molecule has 3 heterocycles. The van der Waals surface area contributed by atoms with E-state index in [4.69, 9.17) is 8.83 Å². The zero-order chi connectivity index (χ0) is 20.0. The average Bonchev–Trinajstić information content (AvgIpc) is 3.27. The van der Waals surface area contributed by atoms with Crippen LogP contribution in [0.4, 0.5) is 0 Å². The van der Waals surface area contributed by atoms with E-state index in [0.717, 1.165) is 40.5 Å². The van der Waals surface area contributed by atoms with E-state index in [0.29, 0.717) is 29.4 Å². The highest BCUT2D eigenvalue weighted by molar-refractivity contribution is 7.98. The molecule has 0 saturated heterocycles. The van der Waals surface area contributed by atoms with Gasteiger partial charge in [0.2, 0.25) is 0 Å². The van der Waals surface area contributed by atoms with Crippen LogP contribution < -0.4 is 5.63 Å². The summed E-state index contributed by atoms with van der Waals surface area (Å²) in [5.74, 6) is 2.94. The molecule has 7 nitrogen and oxygen atoms in total. The molecule has 148 valence electrons. The smallest absolute Gasteiger partial charge is 0.336 e. The van der Waals surface area contributed by atoms with Crippen molar-refractivity contribution in [3.8, 4) is 5.75 Å². The minimum atomic E-state index is -0.433. The highest BCUT2D eigenvalue weighted by atomic mass is 32.2. The van der Waals surface area contributed by atoms with Gasteiger partial charge in [0.05, 0.1) is 12.8 Å². The van der Waals surface area contributed by atoms with Gasteiger partial charge in [0, 0.05) is 28.7 Å². The Bertz CT molecular complexity index is 1240. The lowest BCUT2D eigenvalue weighted by atomic mass is 10.1. The lowest BCUT2D eigenvalue weighted by molar-refractivity contribution is 0.468. The van der Waals surface area contributed by atoms with E-state index in [1.54, 1.807) is 25.3 Å². The van der Waals surface area contributed by atoms with Gasteiger partial charge in [0.15, 0.2) is 5.16 Å². The standard InChI is InChI=1S/C21H19N3O4S/c1-12-17(25)7-6-16-14(9-18(26)28-19(12)16)11-29-21-23-22-20(13-4-5-13)24(21)10-15-3-2-8-27-15/h2-3,6-9,13,25H,4-5,10-11H2,1H3. The number of benzene rings is 1. The fourth-order valence-corrected chi connectivity index (χ4v) is 4.37. The number of furan rings is 1. The first-order valence-electron chi connectivity index (χ1n) is 9.43. The second kappa shape index (κ2) is 7.11. The molecule has 1 aromatic carbocycles. The summed E-state index contributed by atoms with van der Waals surface area (Å²) in [6.45, 7) is 2.32. The second-order valence-corrected chi connectivity index (χ2v) is 8.19. The molecule has 1 aliphatic rings. The Hall–Kier alpha value is -3.00. The van der Waals surface area contributed by atoms with Crippen molar-refractivity contribution in [2.45, 2.75) is 43.1 Å². The van der Waals surface area contributed by atoms with Crippen LogP contribution in [0.2, 0.25) is 0 Å². The molecule has 29 heavy (non-hydrogen) atoms. The highest BCUT2D eigenvalue weighted by Crippen LogP contribution is 2.40. The van der Waals surface area contributed by atoms with Crippen molar-refractivity contribution in [1.82, 2.24) is 14.8 Å². The number of fused-ring (bicyclic) bond motifs is 1. The Labute approximate surface area is 170 Å². The van der Waals surface area contributed by atoms with Crippen molar-refractivity contribution in [2.24, 2.45) is 0 Å². The number of hydrogen-bond donors (Lipinski definition) is 1. The number of hydrogen-bond acceptors (Lipinski definition) is 7. The summed E-state index contributed by atoms with van der Waals surface area (Å²) in [4.78, 5) is 12.1. The second-order valence-electron chi connectivity index (χ2n) is 7.25. The van der Waals surface area contributed by atoms with Crippen LogP contribution >= 0.6 is 11.8 Å². The van der Waals surface area contributed by atoms with Gasteiger partial charge < -0.3 is 13.9 Å². The topological polar surface area (TPSA) is 94.3 Å². The van der Waals surface area contributed by atoms with E-state index in [1.807, 2.05) is 12.1 Å². The van der Waals surface area contributed by atoms with E-state index < -0.39 is 5.63 Å². The molecule has 0 atom stereocenters. The average molecular weight is 409 g/mol. The first kappa shape index (κ1) is 18.1. The Kier molecular flexibility index (Phi) is 4.43. The predicted molar refractivity (Wildman–Crippen MR) is 108 cm³/mol. The van der Waals surface area contributed by atoms with Crippen LogP contribution in [0.3, 0.4) is 0 Å². The maximum Gasteiger partial charge on any atom is 0.336 e. The molecule has 1 fully saturated rings. The Morgan fingerprint density at radius 2 is 2.14 bits per heavy atom. The van der Waals surface area contributed by atoms with Crippen LogP contribution in [-0.4, -0.2) is 19.9 Å². The molecule has 1 N–H and O–H groups in total. The van der Waals surface area contributed by atoms with Gasteiger partial charge in [-0.1, -0.05) is 11.8 Å². The number of nitrogens with zero attached hydrogens (tertiary/aromatic N) is 3. The molecule has 0 spiro atoms. The number of phenols is 1. The normalized spacial score (nSPS) is 14.0. The number of thioether (sulfide) groups is 1. The fraction of sp³-hybridized carbons (Fsp3) is 0.286. The minimum Gasteiger partial charge on any atom is -0.508 e. The summed E-state index contributed by atoms with van der Waals surface area (Å²) in [5.41, 5.74) is 1.38. The lowest BCUT2D eigenvalue weighted by Crippen LogP contribution is -2.06. The first-order chi connectivity index (χ1) is 14.1. The summed E-state index contributed by atoms with van der Waals surface area (Å²) < 4.78 is 13.0. The van der Waals surface area contributed by atoms with E-state index in [2.05, 4.69) is 14.8 Å². The molecule has 3 aromatic heterocycles. The van der Waals surface area contributed by atoms with Gasteiger partial charge in [-0.3, -0.25) is 4.57 Å². The van der Waals surface area contributed by atoms with Crippen LogP contribution in [0.5, 0.6) is 5.75 Å². The zero-order valence-electron chi connectivity index (χ0n) is 15.8. The third-order valence-corrected chi connectivity index (χ3v) is 6.17. The summed E-state index contributed by atoms with van der Waals surface area (Å²) >= 11 is 1.53. The van der Waals surface area contributed by atoms with Crippen molar-refractivity contribution < 1.29 is 13.9 Å². The first-order valence-corrected chi connectivity index (χ1v) is 10.4. The molecule has 0 radical (unpaired) electrons. The Morgan fingerprint density at radius 3 is 2.90 bits per heavy atom. The van der Waals surface area contributed by atoms with E-state index in [-0.39, 0.29) is 5.75 Å². The zero-order valence-corrected chi connectivity index (χ0v) is 16.6. The van der Waals surface area contributed by atoms with Crippen molar-refractivity contribution >= 4 is 22.7 Å². The largest absolute Gasteiger partial charge is 0.508 e. The van der Waals surface area contributed by atoms with Crippen LogP contribution in [0.1, 0.15) is 41.5 Å². The Balaban J connectivity index is 1.48. The molecule has 1 aliphatic carbocycles. The number of aromatic hydroxyl groups is 1. The number of phenolic OH excluding ortho intramolecular Hbond substituents is 1. The van der Waals surface area contributed by atoms with Gasteiger partial charge in [-0.25, -0.2) is 4.79 Å². The van der Waals surface area contributed by atoms with Gasteiger partial charge in [-0.2, -0.15) is 0 Å². The SMILES string of the molecule is Cc1c(O)ccc2c(CSc3nnc(C4CC4)n3Cc3ccco3)cc(=O)oc12. The highest BCUT2D eigenvalue weighted by Gasteiger charge is 2.30. The summed E-state index contributed by atoms with van der Waals surface area (Å²) in [6, 6.07) is 8.71. The molecule has 0 unspecified atom stereocenters. The maximum absolute atomic E-state index is 12.1. The van der Waals surface area contributed by atoms with Crippen molar-refractivity contribution in [2.75, 3.05) is 0 Å². The molecular weight excluding hydrogens is 390 g/mol. The molecule has 1 saturated carbocycles. The van der Waals surface area contributed by atoms with Crippen LogP contribution in [0, 0.1) is 6.92 Å². The fourth-order valence-electron chi connectivity index (χ4n) is 3.43. The molecular formula is C21H19N3O4S. The third kappa shape index (κ3) is 3.44. The lowest BCUT2D eigenvalue weighted by Gasteiger charge is -2.10. The summed E-state index contributed by atoms with van der Waals surface area (Å²) in [6.07, 6.45) is 3.93. The van der Waals surface area contributed by atoms with Gasteiger partial charge in [0.25, 0.3) is 0 Å². The maximum atomic E-state index is 12.1. The number of rotatable bonds is 6. The Morgan fingerprint density at radius 1 is 1.28 bits per heavy atom. The van der Waals surface area contributed by atoms with Crippen molar-refractivity contribution in [1.29, 1.82) is 0 Å². The van der Waals surface area contributed by atoms with Gasteiger partial charge in [-0.15, -0.1) is 10.2 Å². The number of aromatic nitrogens is 3. The molecule has 4 aromatic rings. The van der Waals surface area contributed by atoms with Gasteiger partial charge in [0.1, 0.15) is 22.9 Å². The molecule has 0 amide bonds. The third-order valence-electron chi connectivity index (χ3n) is 5.16. The van der Waals surface area contributed by atoms with Crippen molar-refractivity contribution in [3.05, 3.63) is 69.7 Å². The van der Waals surface area contributed by atoms with Crippen LogP contribution in [-0.2, 0) is 12.3 Å². The minimum absolute atomic E-state index is 0.109.